The van der Waals surface area contributed by atoms with E-state index in [1.165, 1.54) is 12.1 Å². The van der Waals surface area contributed by atoms with Gasteiger partial charge in [-0.25, -0.2) is 4.39 Å². The fourth-order valence-electron chi connectivity index (χ4n) is 5.07. The van der Waals surface area contributed by atoms with Crippen LogP contribution in [0.15, 0.2) is 54.9 Å². The molecular formula is C28H27FN5OP. The standard InChI is InChI=1S/C28H27FN5OP/c1-17-12-19(15-31-27(17)36(4,5)35)25-22-14-23-18(16-32-33-23)13-24(22)34(21-8-6-20(29)7-9-21)26(25)28(2,3)10-11-30/h6-9,12-16H,10H2,1-5H3,(H,32,33). The molecule has 0 fully saturated rings. The van der Waals surface area contributed by atoms with Crippen LogP contribution < -0.4 is 5.44 Å². The Kier molecular flexibility index (Phi) is 5.61. The van der Waals surface area contributed by atoms with Gasteiger partial charge in [0, 0.05) is 51.3 Å². The summed E-state index contributed by atoms with van der Waals surface area (Å²) in [5, 5.41) is 18.9. The number of hydrogen-bond donors (Lipinski definition) is 1. The van der Waals surface area contributed by atoms with E-state index in [1.807, 2.05) is 26.8 Å². The number of nitrogens with zero attached hydrogens (tertiary/aromatic N) is 4. The minimum absolute atomic E-state index is 0.278. The molecule has 0 radical (unpaired) electrons. The molecule has 3 aromatic heterocycles. The van der Waals surface area contributed by atoms with Gasteiger partial charge in [0.25, 0.3) is 0 Å². The monoisotopic (exact) mass is 499 g/mol. The van der Waals surface area contributed by atoms with Crippen molar-refractivity contribution in [2.24, 2.45) is 0 Å². The van der Waals surface area contributed by atoms with Gasteiger partial charge in [0.05, 0.1) is 23.3 Å². The smallest absolute Gasteiger partial charge is 0.127 e. The Labute approximate surface area is 209 Å². The highest BCUT2D eigenvalue weighted by Gasteiger charge is 2.32. The van der Waals surface area contributed by atoms with E-state index in [0.717, 1.165) is 49.9 Å². The van der Waals surface area contributed by atoms with Crippen LogP contribution >= 0.6 is 7.14 Å². The number of aryl methyl sites for hydroxylation is 1. The molecule has 0 spiro atoms. The predicted octanol–water partition coefficient (Wildman–Crippen LogP) is 6.46. The Balaban J connectivity index is 1.96. The summed E-state index contributed by atoms with van der Waals surface area (Å²) in [7, 11) is -2.55. The third-order valence-electron chi connectivity index (χ3n) is 6.62. The summed E-state index contributed by atoms with van der Waals surface area (Å²) in [6, 6.07) is 14.9. The van der Waals surface area contributed by atoms with Gasteiger partial charge in [-0.2, -0.15) is 10.4 Å². The van der Waals surface area contributed by atoms with Crippen molar-refractivity contribution >= 4 is 34.4 Å². The Hall–Kier alpha value is -3.75. The van der Waals surface area contributed by atoms with E-state index in [2.05, 4.69) is 38.0 Å². The molecule has 0 saturated carbocycles. The Morgan fingerprint density at radius 3 is 2.50 bits per heavy atom. The van der Waals surface area contributed by atoms with Gasteiger partial charge in [-0.1, -0.05) is 13.8 Å². The highest BCUT2D eigenvalue weighted by atomic mass is 31.2. The maximum absolute atomic E-state index is 13.9. The Bertz CT molecular complexity index is 1720. The molecule has 8 heteroatoms. The molecule has 0 amide bonds. The summed E-state index contributed by atoms with van der Waals surface area (Å²) in [4.78, 5) is 4.64. The predicted molar refractivity (Wildman–Crippen MR) is 143 cm³/mol. The van der Waals surface area contributed by atoms with Crippen molar-refractivity contribution in [3.63, 3.8) is 0 Å². The Morgan fingerprint density at radius 2 is 1.86 bits per heavy atom. The summed E-state index contributed by atoms with van der Waals surface area (Å²) in [5.74, 6) is -0.315. The minimum atomic E-state index is -2.55. The molecule has 0 unspecified atom stereocenters. The highest BCUT2D eigenvalue weighted by Crippen LogP contribution is 2.45. The summed E-state index contributed by atoms with van der Waals surface area (Å²) in [6.45, 7) is 9.46. The number of hydrogen-bond acceptors (Lipinski definition) is 4. The van der Waals surface area contributed by atoms with E-state index in [-0.39, 0.29) is 12.2 Å². The summed E-state index contributed by atoms with van der Waals surface area (Å²) in [5.41, 5.74) is 6.26. The van der Waals surface area contributed by atoms with Crippen LogP contribution in [0.4, 0.5) is 4.39 Å². The molecule has 5 aromatic rings. The third kappa shape index (κ3) is 3.92. The summed E-state index contributed by atoms with van der Waals surface area (Å²) >= 11 is 0. The molecule has 0 aliphatic rings. The second-order valence-corrected chi connectivity index (χ2v) is 13.4. The van der Waals surface area contributed by atoms with Crippen molar-refractivity contribution in [1.82, 2.24) is 19.7 Å². The summed E-state index contributed by atoms with van der Waals surface area (Å²) < 4.78 is 28.8. The van der Waals surface area contributed by atoms with Crippen LogP contribution in [0.1, 0.15) is 31.5 Å². The van der Waals surface area contributed by atoms with Crippen molar-refractivity contribution in [2.75, 3.05) is 13.3 Å². The lowest BCUT2D eigenvalue weighted by atomic mass is 9.82. The van der Waals surface area contributed by atoms with E-state index in [9.17, 15) is 14.2 Å². The number of aromatic amines is 1. The molecule has 3 heterocycles. The van der Waals surface area contributed by atoms with Gasteiger partial charge in [0.2, 0.25) is 0 Å². The zero-order valence-corrected chi connectivity index (χ0v) is 21.8. The zero-order valence-electron chi connectivity index (χ0n) is 20.9. The number of rotatable bonds is 5. The number of aromatic nitrogens is 4. The molecule has 0 bridgehead atoms. The first-order valence-electron chi connectivity index (χ1n) is 11.7. The zero-order chi connectivity index (χ0) is 25.8. The molecule has 5 rings (SSSR count). The average molecular weight is 500 g/mol. The van der Waals surface area contributed by atoms with Gasteiger partial charge in [-0.15, -0.1) is 0 Å². The van der Waals surface area contributed by atoms with Crippen LogP contribution in [0.5, 0.6) is 0 Å². The van der Waals surface area contributed by atoms with Crippen LogP contribution in [0.2, 0.25) is 0 Å². The van der Waals surface area contributed by atoms with Gasteiger partial charge < -0.3 is 9.13 Å². The van der Waals surface area contributed by atoms with Crippen molar-refractivity contribution in [1.29, 1.82) is 5.26 Å². The molecule has 1 N–H and O–H groups in total. The van der Waals surface area contributed by atoms with Crippen LogP contribution in [-0.4, -0.2) is 33.1 Å². The quantitative estimate of drug-likeness (QED) is 0.281. The summed E-state index contributed by atoms with van der Waals surface area (Å²) in [6.07, 6.45) is 3.83. The Morgan fingerprint density at radius 1 is 1.14 bits per heavy atom. The lowest BCUT2D eigenvalue weighted by Gasteiger charge is -2.27. The van der Waals surface area contributed by atoms with Crippen molar-refractivity contribution in [3.05, 3.63) is 71.9 Å². The largest absolute Gasteiger partial charge is 0.318 e. The van der Waals surface area contributed by atoms with E-state index >= 15 is 0 Å². The van der Waals surface area contributed by atoms with E-state index in [0.29, 0.717) is 5.44 Å². The fourth-order valence-corrected chi connectivity index (χ4v) is 6.32. The van der Waals surface area contributed by atoms with Crippen LogP contribution in [0.3, 0.4) is 0 Å². The van der Waals surface area contributed by atoms with Crippen molar-refractivity contribution in [3.8, 4) is 22.9 Å². The molecule has 2 aromatic carbocycles. The number of nitrogens with one attached hydrogen (secondary N) is 1. The van der Waals surface area contributed by atoms with Crippen LogP contribution in [0, 0.1) is 24.1 Å². The second kappa shape index (κ2) is 8.43. The number of nitriles is 1. The van der Waals surface area contributed by atoms with Crippen LogP contribution in [-0.2, 0) is 9.98 Å². The molecule has 0 atom stereocenters. The van der Waals surface area contributed by atoms with Gasteiger partial charge in [-0.3, -0.25) is 10.1 Å². The van der Waals surface area contributed by atoms with Crippen molar-refractivity contribution < 1.29 is 8.96 Å². The SMILES string of the molecule is Cc1cc(-c2c(C(C)(C)CC#N)n(-c3ccc(F)cc3)c3cc4cn[nH]c4cc23)cnc1P(C)(C)=O. The lowest BCUT2D eigenvalue weighted by molar-refractivity contribution is 0.516. The normalized spacial score (nSPS) is 12.4. The molecular weight excluding hydrogens is 472 g/mol. The number of benzene rings is 2. The molecule has 36 heavy (non-hydrogen) atoms. The number of halogens is 1. The topological polar surface area (TPSA) is 87.4 Å². The minimum Gasteiger partial charge on any atom is -0.318 e. The van der Waals surface area contributed by atoms with Gasteiger partial charge in [-0.05, 0) is 68.3 Å². The fraction of sp³-hybridized carbons (Fsp3) is 0.250. The molecule has 0 saturated heterocycles. The number of pyridine rings is 1. The van der Waals surface area contributed by atoms with Crippen molar-refractivity contribution in [2.45, 2.75) is 32.6 Å². The highest BCUT2D eigenvalue weighted by molar-refractivity contribution is 7.70. The van der Waals surface area contributed by atoms with E-state index < -0.39 is 12.6 Å². The first kappa shape index (κ1) is 24.0. The molecule has 0 aliphatic heterocycles. The maximum atomic E-state index is 13.9. The third-order valence-corrected chi connectivity index (χ3v) is 8.11. The molecule has 182 valence electrons. The molecule has 0 aliphatic carbocycles. The lowest BCUT2D eigenvalue weighted by Crippen LogP contribution is -2.22. The van der Waals surface area contributed by atoms with Gasteiger partial charge in [0.1, 0.15) is 18.4 Å². The van der Waals surface area contributed by atoms with Gasteiger partial charge in [0.15, 0.2) is 0 Å². The van der Waals surface area contributed by atoms with Crippen LogP contribution in [0.25, 0.3) is 38.6 Å². The number of fused-ring (bicyclic) bond motifs is 2. The van der Waals surface area contributed by atoms with Gasteiger partial charge >= 0.3 is 0 Å². The van der Waals surface area contributed by atoms with E-state index in [1.54, 1.807) is 37.9 Å². The first-order chi connectivity index (χ1) is 17.0. The van der Waals surface area contributed by atoms with E-state index in [4.69, 9.17) is 0 Å². The second-order valence-electron chi connectivity index (χ2n) is 10.3. The average Bonchev–Trinajstić information content (AvgIpc) is 3.39. The maximum Gasteiger partial charge on any atom is 0.127 e. The molecule has 6 nitrogen and oxygen atoms in total. The number of H-pyrrole nitrogens is 1. The first-order valence-corrected chi connectivity index (χ1v) is 14.3.